The first-order chi connectivity index (χ1) is 20.5. The van der Waals surface area contributed by atoms with E-state index in [0.717, 1.165) is 0 Å². The van der Waals surface area contributed by atoms with Crippen LogP contribution in [-0.4, -0.2) is 315 Å². The maximum Gasteiger partial charge on any atom is 2.00 e. The molecule has 0 aliphatic carbocycles. The molecule has 0 rings (SSSR count). The fourth-order valence-electron chi connectivity index (χ4n) is 1.88. The quantitative estimate of drug-likeness (QED) is 0.0784. The smallest absolute Gasteiger partial charge is 0.550 e. The zero-order chi connectivity index (χ0) is 37.9. The average Bonchev–Trinajstić information content (AvgIpc) is 2.85. The number of hydrogen-bond donors (Lipinski definition) is 6. The van der Waals surface area contributed by atoms with E-state index in [1.165, 1.54) is 0 Å². The van der Waals surface area contributed by atoms with E-state index in [2.05, 4.69) is 0 Å². The molecule has 0 spiro atoms. The molecule has 4 unspecified atom stereocenters. The van der Waals surface area contributed by atoms with Gasteiger partial charge in [-0.15, -0.1) is 0 Å². The van der Waals surface area contributed by atoms with Crippen LogP contribution in [0.1, 0.15) is 25.7 Å². The number of carbonyl (C=O) groups excluding carboxylic acids is 10. The number of carboxylic acid groups (broad SMARTS) is 10. The summed E-state index contributed by atoms with van der Waals surface area (Å²) in [6.07, 6.45) is -15.2. The van der Waals surface area contributed by atoms with Crippen molar-refractivity contribution in [2.45, 2.75) is 61.3 Å². The molecule has 51 heavy (non-hydrogen) atoms. The Morgan fingerprint density at radius 1 is 0.353 bits per heavy atom. The van der Waals surface area contributed by atoms with Crippen LogP contribution in [0.5, 0.6) is 0 Å². The Kier molecular flexibility index (Phi) is 52.1. The zero-order valence-corrected chi connectivity index (χ0v) is 36.6. The Bertz CT molecular complexity index is 1010. The van der Waals surface area contributed by atoms with E-state index < -0.39 is 121 Å². The van der Waals surface area contributed by atoms with Gasteiger partial charge in [-0.3, -0.25) is 0 Å². The molecule has 0 radical (unpaired) electrons. The summed E-state index contributed by atoms with van der Waals surface area (Å²) in [5, 5.41) is 149. The number of carbonyl (C=O) groups is 10. The topological polar surface area (TPSA) is 523 Å². The standard InChI is InChI=1S/2C6H8O7.2C4H6O6.5Ca/c2*7-3(8)1-6(13,5(11)12)2-4(9)10;2*5-1(3(7)8)2(6)4(9)10;;;;;/h2*13H,1-2H2,(H,7,8)(H,9,10)(H,11,12);2*1-2,5-6H,(H,7,8)(H,9,10);;;;;/q;;;;5*+2/p-10. The summed E-state index contributed by atoms with van der Waals surface area (Å²) in [6, 6.07) is 0. The first-order valence-corrected chi connectivity index (χ1v) is 10.7. The third-order valence-corrected chi connectivity index (χ3v) is 4.07. The molecule has 0 aliphatic rings. The number of hydrogen-bond acceptors (Lipinski definition) is 26. The van der Waals surface area contributed by atoms with Crippen LogP contribution in [-0.2, 0) is 47.9 Å². The van der Waals surface area contributed by atoms with E-state index in [4.69, 9.17) is 30.6 Å². The summed E-state index contributed by atoms with van der Waals surface area (Å²) in [7, 11) is 0. The maximum absolute atomic E-state index is 10.1. The molecule has 0 aromatic heterocycles. The van der Waals surface area contributed by atoms with Gasteiger partial charge in [-0.1, -0.05) is 0 Å². The SMILES string of the molecule is O=C([O-])C(O)C(O)C(=O)[O-].O=C([O-])C(O)C(O)C(=O)[O-].O=C([O-])CC(O)(CC(=O)[O-])C(=O)[O-].O=C([O-])CC(O)(CC(=O)[O-])C(=O)[O-].[Ca+2].[Ca+2].[Ca+2].[Ca+2].[Ca+2]. The van der Waals surface area contributed by atoms with Crippen LogP contribution >= 0.6 is 0 Å². The first kappa shape index (κ1) is 72.9. The monoisotopic (exact) mass is 874 g/mol. The predicted molar refractivity (Wildman–Crippen MR) is 131 cm³/mol. The van der Waals surface area contributed by atoms with Gasteiger partial charge in [-0.25, -0.2) is 0 Å². The van der Waals surface area contributed by atoms with Gasteiger partial charge in [0, 0.05) is 49.6 Å². The van der Waals surface area contributed by atoms with E-state index in [0.29, 0.717) is 0 Å². The van der Waals surface area contributed by atoms with Gasteiger partial charge >= 0.3 is 189 Å². The Morgan fingerprint density at radius 3 is 0.529 bits per heavy atom. The molecular formula is C20H18Ca5O26. The predicted octanol–water partition coefficient (Wildman–Crippen LogP) is -22.0. The molecule has 0 heterocycles. The van der Waals surface area contributed by atoms with Crippen molar-refractivity contribution in [1.29, 1.82) is 0 Å². The van der Waals surface area contributed by atoms with E-state index >= 15 is 0 Å². The minimum atomic E-state index is -2.97. The Labute approximate surface area is 432 Å². The van der Waals surface area contributed by atoms with Crippen LogP contribution in [0.4, 0.5) is 0 Å². The summed E-state index contributed by atoms with van der Waals surface area (Å²) in [4.78, 5) is 98.5. The normalized spacial score (nSPS) is 11.7. The number of carboxylic acids is 10. The van der Waals surface area contributed by atoms with E-state index in [-0.39, 0.29) is 189 Å². The summed E-state index contributed by atoms with van der Waals surface area (Å²) >= 11 is 0. The second-order valence-electron chi connectivity index (χ2n) is 7.89. The summed E-state index contributed by atoms with van der Waals surface area (Å²) in [5.74, 6) is -20.2. The molecule has 0 saturated heterocycles. The molecule has 0 bridgehead atoms. The van der Waals surface area contributed by atoms with Crippen LogP contribution in [0.25, 0.3) is 0 Å². The molecule has 6 N–H and O–H groups in total. The third-order valence-electron chi connectivity index (χ3n) is 4.07. The number of aliphatic hydroxyl groups is 6. The molecule has 0 aromatic carbocycles. The maximum atomic E-state index is 10.1. The van der Waals surface area contributed by atoms with Gasteiger partial charge in [0.25, 0.3) is 0 Å². The van der Waals surface area contributed by atoms with Gasteiger partial charge in [-0.2, -0.15) is 0 Å². The summed E-state index contributed by atoms with van der Waals surface area (Å²) in [5.41, 5.74) is -5.95. The zero-order valence-electron chi connectivity index (χ0n) is 25.5. The first-order valence-electron chi connectivity index (χ1n) is 10.7. The van der Waals surface area contributed by atoms with Gasteiger partial charge in [-0.05, 0) is 0 Å². The van der Waals surface area contributed by atoms with Gasteiger partial charge in [0.05, 0.1) is 35.8 Å². The molecule has 0 amide bonds. The van der Waals surface area contributed by atoms with Crippen molar-refractivity contribution in [3.63, 3.8) is 0 Å². The van der Waals surface area contributed by atoms with E-state index in [1.807, 2.05) is 0 Å². The molecular weight excluding hydrogens is 857 g/mol. The minimum Gasteiger partial charge on any atom is -0.550 e. The van der Waals surface area contributed by atoms with Gasteiger partial charge in [0.2, 0.25) is 0 Å². The number of rotatable bonds is 16. The molecule has 0 saturated carbocycles. The number of aliphatic hydroxyl groups excluding tert-OH is 4. The van der Waals surface area contributed by atoms with Gasteiger partial charge < -0.3 is 130 Å². The second kappa shape index (κ2) is 36.4. The molecule has 31 heteroatoms. The fraction of sp³-hybridized carbons (Fsp3) is 0.500. The molecule has 0 fully saturated rings. The largest absolute Gasteiger partial charge is 2.00 e. The van der Waals surface area contributed by atoms with Crippen LogP contribution < -0.4 is 51.1 Å². The van der Waals surface area contributed by atoms with Crippen LogP contribution in [0.2, 0.25) is 0 Å². The van der Waals surface area contributed by atoms with Crippen molar-refractivity contribution >= 4 is 248 Å². The van der Waals surface area contributed by atoms with Crippen molar-refractivity contribution in [2.24, 2.45) is 0 Å². The van der Waals surface area contributed by atoms with E-state index in [9.17, 15) is 99.0 Å². The third kappa shape index (κ3) is 37.5. The van der Waals surface area contributed by atoms with Crippen molar-refractivity contribution in [3.05, 3.63) is 0 Å². The van der Waals surface area contributed by atoms with Crippen molar-refractivity contribution in [1.82, 2.24) is 0 Å². The molecule has 0 aromatic rings. The Hall–Kier alpha value is 0.759. The van der Waals surface area contributed by atoms with Crippen molar-refractivity contribution in [3.8, 4) is 0 Å². The molecule has 0 aliphatic heterocycles. The summed E-state index contributed by atoms with van der Waals surface area (Å²) < 4.78 is 0. The Balaban J connectivity index is -0.0000000642. The van der Waals surface area contributed by atoms with Gasteiger partial charge in [0.1, 0.15) is 35.6 Å². The summed E-state index contributed by atoms with van der Waals surface area (Å²) in [6.45, 7) is 0. The number of aliphatic carboxylic acids is 10. The van der Waals surface area contributed by atoms with E-state index in [1.54, 1.807) is 0 Å². The fourth-order valence-corrected chi connectivity index (χ4v) is 1.88. The van der Waals surface area contributed by atoms with Crippen LogP contribution in [0, 0.1) is 0 Å². The molecule has 4 atom stereocenters. The molecule has 264 valence electrons. The Morgan fingerprint density at radius 2 is 0.471 bits per heavy atom. The van der Waals surface area contributed by atoms with Crippen LogP contribution in [0.3, 0.4) is 0 Å². The van der Waals surface area contributed by atoms with Crippen molar-refractivity contribution in [2.75, 3.05) is 0 Å². The average molecular weight is 875 g/mol. The molecule has 26 nitrogen and oxygen atoms in total. The van der Waals surface area contributed by atoms with Crippen LogP contribution in [0.15, 0.2) is 0 Å². The van der Waals surface area contributed by atoms with Gasteiger partial charge in [0.15, 0.2) is 0 Å². The van der Waals surface area contributed by atoms with Crippen molar-refractivity contribution < 1.29 is 130 Å². The minimum absolute atomic E-state index is 0. The second-order valence-corrected chi connectivity index (χ2v) is 7.89.